The lowest BCUT2D eigenvalue weighted by atomic mass is 10.1. The molecule has 0 bridgehead atoms. The fraction of sp³-hybridized carbons (Fsp3) is 0.235. The number of carbonyl (C=O) groups excluding carboxylic acids is 1. The molecule has 0 spiro atoms. The van der Waals surface area contributed by atoms with E-state index in [2.05, 4.69) is 17.2 Å². The van der Waals surface area contributed by atoms with Gasteiger partial charge in [-0.25, -0.2) is 0 Å². The van der Waals surface area contributed by atoms with Crippen LogP contribution in [0.4, 0.5) is 5.69 Å². The molecule has 4 heteroatoms. The van der Waals surface area contributed by atoms with Crippen molar-refractivity contribution in [1.29, 1.82) is 0 Å². The molecule has 2 aromatic rings. The molecule has 21 heavy (non-hydrogen) atoms. The van der Waals surface area contributed by atoms with Crippen LogP contribution in [0.3, 0.4) is 0 Å². The molecule has 1 heterocycles. The Bertz CT molecular complexity index is 704. The van der Waals surface area contributed by atoms with E-state index in [1.54, 1.807) is 25.1 Å². The van der Waals surface area contributed by atoms with E-state index in [1.165, 1.54) is 0 Å². The third-order valence-electron chi connectivity index (χ3n) is 2.77. The third kappa shape index (κ3) is 4.23. The van der Waals surface area contributed by atoms with Crippen molar-refractivity contribution in [2.45, 2.75) is 20.3 Å². The molecule has 0 saturated heterocycles. The van der Waals surface area contributed by atoms with Gasteiger partial charge in [-0.15, -0.1) is 0 Å². The Labute approximate surface area is 123 Å². The van der Waals surface area contributed by atoms with Gasteiger partial charge in [-0.05, 0) is 49.7 Å². The van der Waals surface area contributed by atoms with E-state index in [9.17, 15) is 4.79 Å². The number of aliphatic hydroxyl groups is 1. The number of benzene rings is 1. The van der Waals surface area contributed by atoms with Crippen LogP contribution in [0.25, 0.3) is 0 Å². The molecule has 0 aliphatic carbocycles. The van der Waals surface area contributed by atoms with E-state index >= 15 is 0 Å². The molecular formula is C17H17NO3. The molecule has 0 fully saturated rings. The Morgan fingerprint density at radius 1 is 1.29 bits per heavy atom. The first-order chi connectivity index (χ1) is 10.1. The minimum absolute atomic E-state index is 0.0419. The van der Waals surface area contributed by atoms with Crippen molar-refractivity contribution >= 4 is 11.6 Å². The van der Waals surface area contributed by atoms with Crippen LogP contribution in [0.5, 0.6) is 0 Å². The zero-order valence-electron chi connectivity index (χ0n) is 12.1. The molecule has 1 amide bonds. The van der Waals surface area contributed by atoms with E-state index in [-0.39, 0.29) is 18.3 Å². The van der Waals surface area contributed by atoms with Crippen molar-refractivity contribution in [3.05, 3.63) is 53.0 Å². The number of rotatable bonds is 3. The third-order valence-corrected chi connectivity index (χ3v) is 2.77. The second kappa shape index (κ2) is 6.78. The van der Waals surface area contributed by atoms with E-state index in [0.29, 0.717) is 17.9 Å². The van der Waals surface area contributed by atoms with Crippen molar-refractivity contribution in [1.82, 2.24) is 0 Å². The number of aliphatic hydroxyl groups excluding tert-OH is 1. The Hall–Kier alpha value is -2.51. The lowest BCUT2D eigenvalue weighted by Gasteiger charge is -2.05. The molecule has 1 aromatic carbocycles. The van der Waals surface area contributed by atoms with Crippen molar-refractivity contribution < 1.29 is 14.3 Å². The van der Waals surface area contributed by atoms with Gasteiger partial charge in [0.2, 0.25) is 0 Å². The summed E-state index contributed by atoms with van der Waals surface area (Å²) in [5, 5.41) is 11.5. The SMILES string of the molecule is Cc1cc(C#CCCO)cc(NC(=O)c2ccc(C)o2)c1. The second-order valence-electron chi connectivity index (χ2n) is 4.73. The maximum absolute atomic E-state index is 12.0. The van der Waals surface area contributed by atoms with Crippen molar-refractivity contribution in [2.24, 2.45) is 0 Å². The van der Waals surface area contributed by atoms with Crippen LogP contribution in [0.1, 0.15) is 33.9 Å². The number of carbonyl (C=O) groups is 1. The van der Waals surface area contributed by atoms with Crippen LogP contribution < -0.4 is 5.32 Å². The number of nitrogens with one attached hydrogen (secondary N) is 1. The summed E-state index contributed by atoms with van der Waals surface area (Å²) in [6, 6.07) is 8.98. The van der Waals surface area contributed by atoms with E-state index < -0.39 is 0 Å². The molecule has 2 N–H and O–H groups in total. The standard InChI is InChI=1S/C17H17NO3/c1-12-9-14(5-3-4-8-19)11-15(10-12)18-17(20)16-7-6-13(2)21-16/h6-7,9-11,19H,4,8H2,1-2H3,(H,18,20). The number of anilines is 1. The van der Waals surface area contributed by atoms with Crippen LogP contribution in [-0.2, 0) is 0 Å². The second-order valence-corrected chi connectivity index (χ2v) is 4.73. The number of hydrogen-bond acceptors (Lipinski definition) is 3. The van der Waals surface area contributed by atoms with Gasteiger partial charge in [-0.2, -0.15) is 0 Å². The zero-order chi connectivity index (χ0) is 15.2. The first kappa shape index (κ1) is 14.9. The molecule has 0 radical (unpaired) electrons. The summed E-state index contributed by atoms with van der Waals surface area (Å²) in [6.07, 6.45) is 0.432. The minimum Gasteiger partial charge on any atom is -0.456 e. The summed E-state index contributed by atoms with van der Waals surface area (Å²) >= 11 is 0. The van der Waals surface area contributed by atoms with E-state index in [0.717, 1.165) is 11.1 Å². The Morgan fingerprint density at radius 2 is 2.10 bits per heavy atom. The predicted molar refractivity (Wildman–Crippen MR) is 81.2 cm³/mol. The molecule has 0 aliphatic heterocycles. The molecule has 2 rings (SSSR count). The summed E-state index contributed by atoms with van der Waals surface area (Å²) in [5.41, 5.74) is 2.47. The van der Waals surface area contributed by atoms with Crippen LogP contribution >= 0.6 is 0 Å². The van der Waals surface area contributed by atoms with E-state index in [1.807, 2.05) is 19.1 Å². The van der Waals surface area contributed by atoms with Gasteiger partial charge in [0.25, 0.3) is 5.91 Å². The Morgan fingerprint density at radius 3 is 2.76 bits per heavy atom. The summed E-state index contributed by atoms with van der Waals surface area (Å²) in [5.74, 6) is 6.51. The summed E-state index contributed by atoms with van der Waals surface area (Å²) in [4.78, 5) is 12.0. The monoisotopic (exact) mass is 283 g/mol. The average molecular weight is 283 g/mol. The first-order valence-corrected chi connectivity index (χ1v) is 6.67. The molecule has 0 unspecified atom stereocenters. The summed E-state index contributed by atoms with van der Waals surface area (Å²) in [7, 11) is 0. The highest BCUT2D eigenvalue weighted by molar-refractivity contribution is 6.02. The molecule has 0 atom stereocenters. The maximum atomic E-state index is 12.0. The number of amides is 1. The van der Waals surface area contributed by atoms with E-state index in [4.69, 9.17) is 9.52 Å². The number of aryl methyl sites for hydroxylation is 2. The van der Waals surface area contributed by atoms with Crippen molar-refractivity contribution in [2.75, 3.05) is 11.9 Å². The lowest BCUT2D eigenvalue weighted by Crippen LogP contribution is -2.11. The van der Waals surface area contributed by atoms with Gasteiger partial charge < -0.3 is 14.8 Å². The largest absolute Gasteiger partial charge is 0.456 e. The van der Waals surface area contributed by atoms with Gasteiger partial charge in [-0.1, -0.05) is 11.8 Å². The van der Waals surface area contributed by atoms with Gasteiger partial charge in [0, 0.05) is 17.7 Å². The molecule has 0 saturated carbocycles. The average Bonchev–Trinajstić information content (AvgIpc) is 2.85. The quantitative estimate of drug-likeness (QED) is 0.851. The highest BCUT2D eigenvalue weighted by atomic mass is 16.3. The smallest absolute Gasteiger partial charge is 0.291 e. The van der Waals surface area contributed by atoms with Crippen LogP contribution in [0, 0.1) is 25.7 Å². The molecule has 0 aliphatic rings. The number of furan rings is 1. The highest BCUT2D eigenvalue weighted by Crippen LogP contribution is 2.16. The predicted octanol–water partition coefficient (Wildman–Crippen LogP) is 2.88. The number of hydrogen-bond donors (Lipinski definition) is 2. The summed E-state index contributed by atoms with van der Waals surface area (Å²) in [6.45, 7) is 3.77. The van der Waals surface area contributed by atoms with Gasteiger partial charge in [0.05, 0.1) is 6.61 Å². The molecule has 4 nitrogen and oxygen atoms in total. The van der Waals surface area contributed by atoms with Crippen LogP contribution in [-0.4, -0.2) is 17.6 Å². The zero-order valence-corrected chi connectivity index (χ0v) is 12.1. The lowest BCUT2D eigenvalue weighted by molar-refractivity contribution is 0.0995. The fourth-order valence-electron chi connectivity index (χ4n) is 1.90. The van der Waals surface area contributed by atoms with Gasteiger partial charge in [0.1, 0.15) is 5.76 Å². The normalized spacial score (nSPS) is 9.86. The Kier molecular flexibility index (Phi) is 4.81. The van der Waals surface area contributed by atoms with Crippen molar-refractivity contribution in [3.8, 4) is 11.8 Å². The molecular weight excluding hydrogens is 266 g/mol. The fourth-order valence-corrected chi connectivity index (χ4v) is 1.90. The van der Waals surface area contributed by atoms with Crippen LogP contribution in [0.2, 0.25) is 0 Å². The first-order valence-electron chi connectivity index (χ1n) is 6.67. The van der Waals surface area contributed by atoms with Gasteiger partial charge in [-0.3, -0.25) is 4.79 Å². The van der Waals surface area contributed by atoms with Crippen LogP contribution in [0.15, 0.2) is 34.7 Å². The minimum atomic E-state index is -0.289. The van der Waals surface area contributed by atoms with Gasteiger partial charge >= 0.3 is 0 Å². The summed E-state index contributed by atoms with van der Waals surface area (Å²) < 4.78 is 5.29. The highest BCUT2D eigenvalue weighted by Gasteiger charge is 2.10. The molecule has 1 aromatic heterocycles. The topological polar surface area (TPSA) is 62.5 Å². The van der Waals surface area contributed by atoms with Crippen molar-refractivity contribution in [3.63, 3.8) is 0 Å². The molecule has 108 valence electrons. The maximum Gasteiger partial charge on any atom is 0.291 e. The van der Waals surface area contributed by atoms with Gasteiger partial charge in [0.15, 0.2) is 5.76 Å². The Balaban J connectivity index is 2.17.